The molecule has 0 aromatic heterocycles. The highest BCUT2D eigenvalue weighted by Gasteiger charge is 2.06. The summed E-state index contributed by atoms with van der Waals surface area (Å²) in [6.07, 6.45) is 5.30. The first kappa shape index (κ1) is 9.94. The maximum Gasteiger partial charge on any atom is 0.135 e. The third-order valence-corrected chi connectivity index (χ3v) is 2.25. The first-order valence-corrected chi connectivity index (χ1v) is 4.40. The number of rotatable bonds is 2. The van der Waals surface area contributed by atoms with E-state index in [1.54, 1.807) is 26.4 Å². The summed E-state index contributed by atoms with van der Waals surface area (Å²) >= 11 is 3.34. The van der Waals surface area contributed by atoms with Crippen molar-refractivity contribution in [3.8, 4) is 23.8 Å². The molecule has 0 N–H and O–H groups in total. The smallest absolute Gasteiger partial charge is 0.135 e. The molecule has 0 unspecified atom stereocenters. The Bertz CT molecular complexity index is 353. The van der Waals surface area contributed by atoms with E-state index in [1.807, 2.05) is 0 Å². The quantitative estimate of drug-likeness (QED) is 0.740. The van der Waals surface area contributed by atoms with Crippen LogP contribution >= 0.6 is 15.9 Å². The third-order valence-electron chi connectivity index (χ3n) is 1.63. The summed E-state index contributed by atoms with van der Waals surface area (Å²) in [5.74, 6) is 3.89. The van der Waals surface area contributed by atoms with Crippen molar-refractivity contribution < 1.29 is 9.47 Å². The number of benzene rings is 1. The summed E-state index contributed by atoms with van der Waals surface area (Å²) in [7, 11) is 3.17. The Balaban J connectivity index is 3.28. The predicted molar refractivity (Wildman–Crippen MR) is 55.2 cm³/mol. The summed E-state index contributed by atoms with van der Waals surface area (Å²) in [6, 6.07) is 3.54. The monoisotopic (exact) mass is 240 g/mol. The molecule has 0 aliphatic carbocycles. The van der Waals surface area contributed by atoms with Gasteiger partial charge in [0.15, 0.2) is 0 Å². The molecule has 0 saturated carbocycles. The summed E-state index contributed by atoms with van der Waals surface area (Å²) in [5.41, 5.74) is 0.683. The van der Waals surface area contributed by atoms with Crippen molar-refractivity contribution in [3.63, 3.8) is 0 Å². The van der Waals surface area contributed by atoms with Crippen LogP contribution < -0.4 is 9.47 Å². The second kappa shape index (κ2) is 4.20. The minimum Gasteiger partial charge on any atom is -0.496 e. The van der Waals surface area contributed by atoms with E-state index in [4.69, 9.17) is 15.9 Å². The van der Waals surface area contributed by atoms with Gasteiger partial charge in [0, 0.05) is 6.07 Å². The lowest BCUT2D eigenvalue weighted by Gasteiger charge is -2.07. The molecular weight excluding hydrogens is 232 g/mol. The molecule has 1 rings (SSSR count). The Hall–Kier alpha value is -1.14. The predicted octanol–water partition coefficient (Wildman–Crippen LogP) is 2.45. The van der Waals surface area contributed by atoms with E-state index in [0.29, 0.717) is 17.1 Å². The van der Waals surface area contributed by atoms with Crippen LogP contribution in [-0.4, -0.2) is 14.2 Å². The van der Waals surface area contributed by atoms with Gasteiger partial charge in [0.25, 0.3) is 0 Å². The molecule has 0 amide bonds. The van der Waals surface area contributed by atoms with Gasteiger partial charge in [-0.1, -0.05) is 5.92 Å². The molecule has 0 saturated heterocycles. The van der Waals surface area contributed by atoms with Gasteiger partial charge in [-0.25, -0.2) is 0 Å². The van der Waals surface area contributed by atoms with Crippen molar-refractivity contribution in [2.24, 2.45) is 0 Å². The Morgan fingerprint density at radius 1 is 1.23 bits per heavy atom. The van der Waals surface area contributed by atoms with Gasteiger partial charge in [-0.15, -0.1) is 6.42 Å². The minimum atomic E-state index is 0.662. The van der Waals surface area contributed by atoms with Crippen molar-refractivity contribution in [3.05, 3.63) is 22.2 Å². The average Bonchev–Trinajstić information content (AvgIpc) is 2.17. The van der Waals surface area contributed by atoms with Gasteiger partial charge in [0.05, 0.1) is 24.3 Å². The van der Waals surface area contributed by atoms with E-state index in [1.165, 1.54) is 0 Å². The zero-order valence-electron chi connectivity index (χ0n) is 7.43. The van der Waals surface area contributed by atoms with E-state index in [9.17, 15) is 0 Å². The third kappa shape index (κ3) is 1.96. The van der Waals surface area contributed by atoms with Gasteiger partial charge in [-0.05, 0) is 22.0 Å². The minimum absolute atomic E-state index is 0.662. The van der Waals surface area contributed by atoms with E-state index < -0.39 is 0 Å². The van der Waals surface area contributed by atoms with Crippen LogP contribution in [0.15, 0.2) is 16.6 Å². The van der Waals surface area contributed by atoms with Gasteiger partial charge in [0.1, 0.15) is 11.5 Å². The topological polar surface area (TPSA) is 18.5 Å². The molecule has 0 spiro atoms. The van der Waals surface area contributed by atoms with Crippen LogP contribution in [0.2, 0.25) is 0 Å². The fourth-order valence-electron chi connectivity index (χ4n) is 0.973. The number of hydrogen-bond donors (Lipinski definition) is 0. The summed E-state index contributed by atoms with van der Waals surface area (Å²) in [6.45, 7) is 0. The zero-order valence-corrected chi connectivity index (χ0v) is 9.01. The van der Waals surface area contributed by atoms with Crippen molar-refractivity contribution in [2.75, 3.05) is 14.2 Å². The van der Waals surface area contributed by atoms with E-state index in [-0.39, 0.29) is 0 Å². The van der Waals surface area contributed by atoms with Crippen molar-refractivity contribution in [1.29, 1.82) is 0 Å². The number of terminal acetylenes is 1. The van der Waals surface area contributed by atoms with Gasteiger partial charge in [0.2, 0.25) is 0 Å². The normalized spacial score (nSPS) is 9.08. The standard InChI is InChI=1S/C10H9BrO2/c1-4-7-5-10(13-3)8(11)6-9(7)12-2/h1,5-6H,2-3H3. The van der Waals surface area contributed by atoms with E-state index in [2.05, 4.69) is 21.9 Å². The zero-order chi connectivity index (χ0) is 9.84. The van der Waals surface area contributed by atoms with Gasteiger partial charge >= 0.3 is 0 Å². The molecule has 68 valence electrons. The molecule has 0 bridgehead atoms. The van der Waals surface area contributed by atoms with Gasteiger partial charge in [-0.3, -0.25) is 0 Å². The van der Waals surface area contributed by atoms with Crippen LogP contribution in [0, 0.1) is 12.3 Å². The largest absolute Gasteiger partial charge is 0.496 e. The first-order valence-electron chi connectivity index (χ1n) is 3.61. The fraction of sp³-hybridized carbons (Fsp3) is 0.200. The van der Waals surface area contributed by atoms with Crippen molar-refractivity contribution in [1.82, 2.24) is 0 Å². The molecule has 0 fully saturated rings. The van der Waals surface area contributed by atoms with Crippen molar-refractivity contribution in [2.45, 2.75) is 0 Å². The Morgan fingerprint density at radius 3 is 2.31 bits per heavy atom. The molecule has 0 atom stereocenters. The molecule has 2 nitrogen and oxygen atoms in total. The number of halogens is 1. The summed E-state index contributed by atoms with van der Waals surface area (Å²) < 4.78 is 11.0. The van der Waals surface area contributed by atoms with Crippen LogP contribution in [0.25, 0.3) is 0 Å². The Labute approximate surface area is 86.0 Å². The molecule has 0 aliphatic rings. The molecule has 1 aromatic carbocycles. The number of ether oxygens (including phenoxy) is 2. The van der Waals surface area contributed by atoms with Crippen molar-refractivity contribution >= 4 is 15.9 Å². The van der Waals surface area contributed by atoms with Crippen LogP contribution in [0.1, 0.15) is 5.56 Å². The Kier molecular flexibility index (Phi) is 3.21. The SMILES string of the molecule is C#Cc1cc(OC)c(Br)cc1OC. The van der Waals surface area contributed by atoms with Crippen LogP contribution in [0.5, 0.6) is 11.5 Å². The molecule has 1 aromatic rings. The van der Waals surface area contributed by atoms with E-state index in [0.717, 1.165) is 4.47 Å². The highest BCUT2D eigenvalue weighted by Crippen LogP contribution is 2.31. The number of hydrogen-bond acceptors (Lipinski definition) is 2. The second-order valence-corrected chi connectivity index (χ2v) is 3.19. The second-order valence-electron chi connectivity index (χ2n) is 2.33. The van der Waals surface area contributed by atoms with Crippen LogP contribution in [-0.2, 0) is 0 Å². The fourth-order valence-corrected chi connectivity index (χ4v) is 1.46. The molecule has 0 radical (unpaired) electrons. The van der Waals surface area contributed by atoms with Crippen LogP contribution in [0.3, 0.4) is 0 Å². The molecule has 0 aliphatic heterocycles. The number of methoxy groups -OCH3 is 2. The molecule has 0 heterocycles. The highest BCUT2D eigenvalue weighted by molar-refractivity contribution is 9.10. The highest BCUT2D eigenvalue weighted by atomic mass is 79.9. The van der Waals surface area contributed by atoms with Crippen LogP contribution in [0.4, 0.5) is 0 Å². The first-order chi connectivity index (χ1) is 6.22. The maximum atomic E-state index is 5.30. The lowest BCUT2D eigenvalue weighted by atomic mass is 10.2. The van der Waals surface area contributed by atoms with E-state index >= 15 is 0 Å². The summed E-state index contributed by atoms with van der Waals surface area (Å²) in [4.78, 5) is 0. The molecular formula is C10H9BrO2. The molecule has 13 heavy (non-hydrogen) atoms. The average molecular weight is 241 g/mol. The van der Waals surface area contributed by atoms with Gasteiger partial charge < -0.3 is 9.47 Å². The summed E-state index contributed by atoms with van der Waals surface area (Å²) in [5, 5.41) is 0. The molecule has 3 heteroatoms. The maximum absolute atomic E-state index is 5.30. The lowest BCUT2D eigenvalue weighted by Crippen LogP contribution is -1.91. The lowest BCUT2D eigenvalue weighted by molar-refractivity contribution is 0.400. The van der Waals surface area contributed by atoms with Gasteiger partial charge in [-0.2, -0.15) is 0 Å². The Morgan fingerprint density at radius 2 is 1.85 bits per heavy atom.